The van der Waals surface area contributed by atoms with Crippen LogP contribution in [0, 0.1) is 0 Å². The van der Waals surface area contributed by atoms with Gasteiger partial charge in [0.05, 0.1) is 5.75 Å². The van der Waals surface area contributed by atoms with Crippen LogP contribution in [0.3, 0.4) is 0 Å². The Morgan fingerprint density at radius 2 is 1.89 bits per heavy atom. The van der Waals surface area contributed by atoms with Crippen LogP contribution in [0.4, 0.5) is 0 Å². The van der Waals surface area contributed by atoms with E-state index in [-0.39, 0.29) is 11.8 Å². The van der Waals surface area contributed by atoms with E-state index in [9.17, 15) is 8.42 Å². The molecule has 0 aliphatic carbocycles. The van der Waals surface area contributed by atoms with Crippen molar-refractivity contribution >= 4 is 10.0 Å². The molecule has 5 nitrogen and oxygen atoms in total. The molecule has 0 unspecified atom stereocenters. The molecule has 0 radical (unpaired) electrons. The van der Waals surface area contributed by atoms with Crippen LogP contribution >= 0.6 is 0 Å². The summed E-state index contributed by atoms with van der Waals surface area (Å²) in [6, 6.07) is 0.0713. The van der Waals surface area contributed by atoms with Crippen molar-refractivity contribution < 1.29 is 13.2 Å². The molecule has 18 heavy (non-hydrogen) atoms. The van der Waals surface area contributed by atoms with Crippen molar-refractivity contribution in [3.8, 4) is 0 Å². The first-order valence-corrected chi connectivity index (χ1v) is 8.58. The molecule has 1 aliphatic rings. The van der Waals surface area contributed by atoms with Crippen molar-refractivity contribution in [3.63, 3.8) is 0 Å². The summed E-state index contributed by atoms with van der Waals surface area (Å²) in [6.45, 7) is 5.35. The van der Waals surface area contributed by atoms with E-state index < -0.39 is 10.0 Å². The molecular formula is C12H26N2O3S. The van der Waals surface area contributed by atoms with Gasteiger partial charge in [-0.15, -0.1) is 0 Å². The third-order valence-electron chi connectivity index (χ3n) is 3.01. The molecule has 108 valence electrons. The number of rotatable bonds is 9. The minimum Gasteiger partial charge on any atom is -0.381 e. The second kappa shape index (κ2) is 8.85. The lowest BCUT2D eigenvalue weighted by Crippen LogP contribution is -2.40. The molecule has 0 atom stereocenters. The Morgan fingerprint density at radius 3 is 2.56 bits per heavy atom. The summed E-state index contributed by atoms with van der Waals surface area (Å²) < 4.78 is 31.6. The molecule has 0 aromatic carbocycles. The number of nitrogens with one attached hydrogen (secondary N) is 2. The van der Waals surface area contributed by atoms with E-state index in [1.54, 1.807) is 0 Å². The second-order valence-electron chi connectivity index (χ2n) is 4.78. The summed E-state index contributed by atoms with van der Waals surface area (Å²) in [5, 5.41) is 3.27. The maximum Gasteiger partial charge on any atom is 0.211 e. The fourth-order valence-corrected chi connectivity index (χ4v) is 3.42. The van der Waals surface area contributed by atoms with Gasteiger partial charge in [-0.1, -0.05) is 6.92 Å². The van der Waals surface area contributed by atoms with Gasteiger partial charge in [0.2, 0.25) is 10.0 Å². The average Bonchev–Trinajstić information content (AvgIpc) is 2.34. The molecule has 1 heterocycles. The van der Waals surface area contributed by atoms with Crippen LogP contribution in [0.2, 0.25) is 0 Å². The van der Waals surface area contributed by atoms with E-state index in [4.69, 9.17) is 4.74 Å². The van der Waals surface area contributed by atoms with Crippen molar-refractivity contribution in [1.82, 2.24) is 10.0 Å². The molecule has 0 amide bonds. The lowest BCUT2D eigenvalue weighted by molar-refractivity contribution is 0.0832. The predicted molar refractivity (Wildman–Crippen MR) is 73.2 cm³/mol. The van der Waals surface area contributed by atoms with Crippen LogP contribution in [0.25, 0.3) is 0 Å². The quantitative estimate of drug-likeness (QED) is 0.614. The minimum absolute atomic E-state index is 0.0713. The maximum atomic E-state index is 11.8. The van der Waals surface area contributed by atoms with Crippen molar-refractivity contribution in [2.24, 2.45) is 0 Å². The first-order chi connectivity index (χ1) is 8.64. The summed E-state index contributed by atoms with van der Waals surface area (Å²) in [5.74, 6) is 0.234. The number of unbranched alkanes of at least 4 members (excludes halogenated alkanes) is 1. The molecule has 1 fully saturated rings. The van der Waals surface area contributed by atoms with Gasteiger partial charge in [0.15, 0.2) is 0 Å². The van der Waals surface area contributed by atoms with Gasteiger partial charge in [0, 0.05) is 19.3 Å². The molecule has 0 aromatic heterocycles. The lowest BCUT2D eigenvalue weighted by Gasteiger charge is -2.22. The van der Waals surface area contributed by atoms with Crippen LogP contribution in [-0.4, -0.2) is 46.5 Å². The lowest BCUT2D eigenvalue weighted by atomic mass is 10.1. The number of hydrogen-bond acceptors (Lipinski definition) is 4. The third-order valence-corrected chi connectivity index (χ3v) is 4.53. The first-order valence-electron chi connectivity index (χ1n) is 6.92. The molecule has 0 aromatic rings. The number of sulfonamides is 1. The highest BCUT2D eigenvalue weighted by Crippen LogP contribution is 2.08. The van der Waals surface area contributed by atoms with E-state index in [2.05, 4.69) is 17.0 Å². The number of ether oxygens (including phenoxy) is 1. The van der Waals surface area contributed by atoms with Gasteiger partial charge < -0.3 is 10.1 Å². The van der Waals surface area contributed by atoms with Crippen molar-refractivity contribution in [2.75, 3.05) is 32.1 Å². The standard InChI is InChI=1S/C12H26N2O3S/c1-2-7-13-8-3-4-11-18(15,16)14-12-5-9-17-10-6-12/h12-14H,2-11H2,1H3. The summed E-state index contributed by atoms with van der Waals surface area (Å²) in [6.07, 6.45) is 4.32. The van der Waals surface area contributed by atoms with Gasteiger partial charge in [-0.2, -0.15) is 0 Å². The Bertz CT molecular complexity index is 300. The van der Waals surface area contributed by atoms with Crippen molar-refractivity contribution in [2.45, 2.75) is 45.1 Å². The molecule has 1 aliphatic heterocycles. The highest BCUT2D eigenvalue weighted by atomic mass is 32.2. The summed E-state index contributed by atoms with van der Waals surface area (Å²) in [5.41, 5.74) is 0. The minimum atomic E-state index is -3.11. The van der Waals surface area contributed by atoms with Crippen LogP contribution in [-0.2, 0) is 14.8 Å². The van der Waals surface area contributed by atoms with Crippen molar-refractivity contribution in [1.29, 1.82) is 0 Å². The third kappa shape index (κ3) is 7.31. The largest absolute Gasteiger partial charge is 0.381 e. The van der Waals surface area contributed by atoms with Crippen LogP contribution < -0.4 is 10.0 Å². The zero-order chi connectivity index (χ0) is 13.3. The molecule has 0 spiro atoms. The normalized spacial score (nSPS) is 18.1. The molecule has 0 bridgehead atoms. The Balaban J connectivity index is 2.11. The molecule has 1 saturated heterocycles. The van der Waals surface area contributed by atoms with Gasteiger partial charge in [0.25, 0.3) is 0 Å². The Kier molecular flexibility index (Phi) is 7.81. The van der Waals surface area contributed by atoms with E-state index >= 15 is 0 Å². The van der Waals surface area contributed by atoms with E-state index in [0.29, 0.717) is 13.2 Å². The summed E-state index contributed by atoms with van der Waals surface area (Å²) in [7, 11) is -3.11. The molecular weight excluding hydrogens is 252 g/mol. The molecule has 6 heteroatoms. The monoisotopic (exact) mass is 278 g/mol. The van der Waals surface area contributed by atoms with Crippen LogP contribution in [0.1, 0.15) is 39.0 Å². The van der Waals surface area contributed by atoms with Crippen molar-refractivity contribution in [3.05, 3.63) is 0 Å². The predicted octanol–water partition coefficient (Wildman–Crippen LogP) is 0.865. The molecule has 0 saturated carbocycles. The fourth-order valence-electron chi connectivity index (χ4n) is 1.97. The van der Waals surface area contributed by atoms with Gasteiger partial charge in [-0.05, 0) is 45.2 Å². The van der Waals surface area contributed by atoms with Crippen LogP contribution in [0.15, 0.2) is 0 Å². The number of hydrogen-bond donors (Lipinski definition) is 2. The van der Waals surface area contributed by atoms with Gasteiger partial charge in [0.1, 0.15) is 0 Å². The second-order valence-corrected chi connectivity index (χ2v) is 6.65. The Labute approximate surface area is 111 Å². The first kappa shape index (κ1) is 15.9. The van der Waals surface area contributed by atoms with Gasteiger partial charge >= 0.3 is 0 Å². The summed E-state index contributed by atoms with van der Waals surface area (Å²) >= 11 is 0. The van der Waals surface area contributed by atoms with E-state index in [0.717, 1.165) is 45.2 Å². The zero-order valence-electron chi connectivity index (χ0n) is 11.3. The molecule has 2 N–H and O–H groups in total. The van der Waals surface area contributed by atoms with E-state index in [1.165, 1.54) is 0 Å². The topological polar surface area (TPSA) is 67.4 Å². The SMILES string of the molecule is CCCNCCCCS(=O)(=O)NC1CCOCC1. The average molecular weight is 278 g/mol. The highest BCUT2D eigenvalue weighted by molar-refractivity contribution is 7.89. The molecule has 1 rings (SSSR count). The summed E-state index contributed by atoms with van der Waals surface area (Å²) in [4.78, 5) is 0. The van der Waals surface area contributed by atoms with E-state index in [1.807, 2.05) is 0 Å². The highest BCUT2D eigenvalue weighted by Gasteiger charge is 2.19. The van der Waals surface area contributed by atoms with Gasteiger partial charge in [-0.25, -0.2) is 13.1 Å². The Hall–Kier alpha value is -0.170. The smallest absolute Gasteiger partial charge is 0.211 e. The Morgan fingerprint density at radius 1 is 1.17 bits per heavy atom. The maximum absolute atomic E-state index is 11.8. The fraction of sp³-hybridized carbons (Fsp3) is 1.00. The van der Waals surface area contributed by atoms with Crippen LogP contribution in [0.5, 0.6) is 0 Å². The zero-order valence-corrected chi connectivity index (χ0v) is 12.1. The van der Waals surface area contributed by atoms with Gasteiger partial charge in [-0.3, -0.25) is 0 Å².